The molecule has 2 rings (SSSR count). The van der Waals surface area contributed by atoms with E-state index in [2.05, 4.69) is 27.8 Å². The van der Waals surface area contributed by atoms with E-state index in [1.165, 1.54) is 11.1 Å². The summed E-state index contributed by atoms with van der Waals surface area (Å²) in [5, 5.41) is 6.62. The van der Waals surface area contributed by atoms with Gasteiger partial charge in [0.1, 0.15) is 5.75 Å². The minimum absolute atomic E-state index is 0.105. The van der Waals surface area contributed by atoms with Gasteiger partial charge in [-0.1, -0.05) is 42.5 Å². The third kappa shape index (κ3) is 7.25. The van der Waals surface area contributed by atoms with E-state index in [9.17, 15) is 4.79 Å². The van der Waals surface area contributed by atoms with Crippen molar-refractivity contribution in [1.29, 1.82) is 0 Å². The van der Waals surface area contributed by atoms with E-state index < -0.39 is 5.91 Å². The largest absolute Gasteiger partial charge is 0.484 e. The van der Waals surface area contributed by atoms with E-state index in [4.69, 9.17) is 10.5 Å². The number of amides is 1. The normalized spacial score (nSPS) is 11.0. The predicted octanol–water partition coefficient (Wildman–Crippen LogP) is 1.50. The van der Waals surface area contributed by atoms with E-state index in [1.807, 2.05) is 42.5 Å². The van der Waals surface area contributed by atoms with Gasteiger partial charge in [0.15, 0.2) is 12.6 Å². The van der Waals surface area contributed by atoms with Crippen LogP contribution in [0, 0.1) is 0 Å². The quantitative estimate of drug-likeness (QED) is 0.470. The number of hydrogen-bond acceptors (Lipinski definition) is 3. The Labute approximate surface area is 154 Å². The van der Waals surface area contributed by atoms with Crippen LogP contribution < -0.4 is 21.1 Å². The first-order valence-electron chi connectivity index (χ1n) is 8.66. The Morgan fingerprint density at radius 3 is 2.08 bits per heavy atom. The van der Waals surface area contributed by atoms with Gasteiger partial charge in [-0.3, -0.25) is 9.79 Å². The molecule has 26 heavy (non-hydrogen) atoms. The van der Waals surface area contributed by atoms with Crippen LogP contribution in [0.2, 0.25) is 0 Å². The van der Waals surface area contributed by atoms with Crippen molar-refractivity contribution in [2.24, 2.45) is 10.7 Å². The predicted molar refractivity (Wildman–Crippen MR) is 104 cm³/mol. The highest BCUT2D eigenvalue weighted by Crippen LogP contribution is 2.12. The van der Waals surface area contributed by atoms with Crippen LogP contribution >= 0.6 is 0 Å². The molecular weight excluding hydrogens is 328 g/mol. The van der Waals surface area contributed by atoms with E-state index in [-0.39, 0.29) is 6.61 Å². The number of carbonyl (C=O) groups excluding carboxylic acids is 1. The molecule has 0 radical (unpaired) electrons. The number of rotatable bonds is 9. The standard InChI is InChI=1S/C20H26N4O2/c1-22-20(23-13-11-16-5-3-2-4-6-16)24-14-12-17-7-9-18(10-8-17)26-15-19(21)25/h2-10H,11-15H2,1H3,(H2,21,25)(H2,22,23,24). The molecule has 0 atom stereocenters. The summed E-state index contributed by atoms with van der Waals surface area (Å²) in [6.07, 6.45) is 1.81. The summed E-state index contributed by atoms with van der Waals surface area (Å²) in [5.41, 5.74) is 7.53. The average molecular weight is 354 g/mol. The lowest BCUT2D eigenvalue weighted by Gasteiger charge is -2.12. The SMILES string of the molecule is CN=C(NCCc1ccccc1)NCCc1ccc(OCC(N)=O)cc1. The van der Waals surface area contributed by atoms with Crippen molar-refractivity contribution in [3.63, 3.8) is 0 Å². The van der Waals surface area contributed by atoms with Gasteiger partial charge in [-0.25, -0.2) is 0 Å². The zero-order valence-corrected chi connectivity index (χ0v) is 15.1. The van der Waals surface area contributed by atoms with Crippen molar-refractivity contribution in [1.82, 2.24) is 10.6 Å². The number of carbonyl (C=O) groups is 1. The van der Waals surface area contributed by atoms with Crippen LogP contribution in [-0.2, 0) is 17.6 Å². The highest BCUT2D eigenvalue weighted by atomic mass is 16.5. The number of nitrogens with zero attached hydrogens (tertiary/aromatic N) is 1. The molecular formula is C20H26N4O2. The molecule has 6 heteroatoms. The third-order valence-corrected chi connectivity index (χ3v) is 3.78. The number of guanidine groups is 1. The molecule has 0 aromatic heterocycles. The van der Waals surface area contributed by atoms with Gasteiger partial charge in [0.05, 0.1) is 0 Å². The molecule has 0 saturated carbocycles. The van der Waals surface area contributed by atoms with Gasteiger partial charge in [-0.2, -0.15) is 0 Å². The summed E-state index contributed by atoms with van der Waals surface area (Å²) in [6.45, 7) is 1.49. The Balaban J connectivity index is 1.67. The van der Waals surface area contributed by atoms with Crippen LogP contribution in [0.3, 0.4) is 0 Å². The molecule has 1 amide bonds. The first kappa shape index (κ1) is 19.3. The van der Waals surface area contributed by atoms with Crippen molar-refractivity contribution in [2.45, 2.75) is 12.8 Å². The fraction of sp³-hybridized carbons (Fsp3) is 0.300. The van der Waals surface area contributed by atoms with E-state index in [1.54, 1.807) is 7.05 Å². The van der Waals surface area contributed by atoms with Gasteiger partial charge in [-0.15, -0.1) is 0 Å². The monoisotopic (exact) mass is 354 g/mol. The molecule has 0 aliphatic heterocycles. The molecule has 0 unspecified atom stereocenters. The second kappa shape index (κ2) is 10.8. The zero-order valence-electron chi connectivity index (χ0n) is 15.1. The number of aliphatic imine (C=N–C) groups is 1. The molecule has 0 aliphatic carbocycles. The lowest BCUT2D eigenvalue weighted by Crippen LogP contribution is -2.39. The minimum atomic E-state index is -0.482. The van der Waals surface area contributed by atoms with Gasteiger partial charge in [0, 0.05) is 20.1 Å². The number of hydrogen-bond donors (Lipinski definition) is 3. The fourth-order valence-electron chi connectivity index (χ4n) is 2.42. The van der Waals surface area contributed by atoms with E-state index >= 15 is 0 Å². The smallest absolute Gasteiger partial charge is 0.255 e. The average Bonchev–Trinajstić information content (AvgIpc) is 2.67. The van der Waals surface area contributed by atoms with Gasteiger partial charge >= 0.3 is 0 Å². The maximum Gasteiger partial charge on any atom is 0.255 e. The Bertz CT molecular complexity index is 700. The molecule has 0 fully saturated rings. The molecule has 6 nitrogen and oxygen atoms in total. The third-order valence-electron chi connectivity index (χ3n) is 3.78. The van der Waals surface area contributed by atoms with Crippen LogP contribution in [-0.4, -0.2) is 38.6 Å². The summed E-state index contributed by atoms with van der Waals surface area (Å²) in [6, 6.07) is 18.0. The first-order chi connectivity index (χ1) is 12.7. The molecule has 2 aromatic carbocycles. The lowest BCUT2D eigenvalue weighted by atomic mass is 10.1. The second-order valence-corrected chi connectivity index (χ2v) is 5.81. The lowest BCUT2D eigenvalue weighted by molar-refractivity contribution is -0.119. The summed E-state index contributed by atoms with van der Waals surface area (Å²) in [5.74, 6) is 0.950. The Morgan fingerprint density at radius 1 is 0.962 bits per heavy atom. The minimum Gasteiger partial charge on any atom is -0.484 e. The number of nitrogens with one attached hydrogen (secondary N) is 2. The molecule has 138 valence electrons. The van der Waals surface area contributed by atoms with Gasteiger partial charge in [0.2, 0.25) is 0 Å². The topological polar surface area (TPSA) is 88.7 Å². The van der Waals surface area contributed by atoms with E-state index in [0.29, 0.717) is 5.75 Å². The Hall–Kier alpha value is -3.02. The molecule has 0 aliphatic rings. The molecule has 0 spiro atoms. The number of benzene rings is 2. The number of nitrogens with two attached hydrogens (primary N) is 1. The van der Waals surface area contributed by atoms with E-state index in [0.717, 1.165) is 31.9 Å². The summed E-state index contributed by atoms with van der Waals surface area (Å²) >= 11 is 0. The molecule has 0 bridgehead atoms. The maximum absolute atomic E-state index is 10.7. The van der Waals surface area contributed by atoms with Gasteiger partial charge in [0.25, 0.3) is 5.91 Å². The van der Waals surface area contributed by atoms with Crippen molar-refractivity contribution in [2.75, 3.05) is 26.7 Å². The summed E-state index contributed by atoms with van der Waals surface area (Å²) in [7, 11) is 1.77. The molecule has 0 saturated heterocycles. The number of ether oxygens (including phenoxy) is 1. The fourth-order valence-corrected chi connectivity index (χ4v) is 2.42. The van der Waals surface area contributed by atoms with Crippen LogP contribution in [0.25, 0.3) is 0 Å². The number of primary amides is 1. The Kier molecular flexibility index (Phi) is 7.99. The molecule has 4 N–H and O–H groups in total. The van der Waals surface area contributed by atoms with Crippen LogP contribution in [0.15, 0.2) is 59.6 Å². The second-order valence-electron chi connectivity index (χ2n) is 5.81. The molecule has 2 aromatic rings. The van der Waals surface area contributed by atoms with Crippen LogP contribution in [0.1, 0.15) is 11.1 Å². The summed E-state index contributed by atoms with van der Waals surface area (Å²) < 4.78 is 5.24. The summed E-state index contributed by atoms with van der Waals surface area (Å²) in [4.78, 5) is 14.9. The Morgan fingerprint density at radius 2 is 1.54 bits per heavy atom. The first-order valence-corrected chi connectivity index (χ1v) is 8.66. The van der Waals surface area contributed by atoms with Crippen molar-refractivity contribution < 1.29 is 9.53 Å². The van der Waals surface area contributed by atoms with Gasteiger partial charge in [-0.05, 0) is 36.1 Å². The zero-order chi connectivity index (χ0) is 18.6. The maximum atomic E-state index is 10.7. The van der Waals surface area contributed by atoms with Crippen LogP contribution in [0.5, 0.6) is 5.75 Å². The highest BCUT2D eigenvalue weighted by molar-refractivity contribution is 5.79. The highest BCUT2D eigenvalue weighted by Gasteiger charge is 2.00. The van der Waals surface area contributed by atoms with Crippen LogP contribution in [0.4, 0.5) is 0 Å². The van der Waals surface area contributed by atoms with Gasteiger partial charge < -0.3 is 21.1 Å². The van der Waals surface area contributed by atoms with Crippen molar-refractivity contribution in [3.8, 4) is 5.75 Å². The van der Waals surface area contributed by atoms with Crippen molar-refractivity contribution >= 4 is 11.9 Å². The molecule has 0 heterocycles. The van der Waals surface area contributed by atoms with Crippen molar-refractivity contribution in [3.05, 3.63) is 65.7 Å².